The lowest BCUT2D eigenvalue weighted by molar-refractivity contribution is -0.159. The quantitative estimate of drug-likeness (QED) is 0.531. The second-order valence-electron chi connectivity index (χ2n) is 4.92. The number of hydrogen-bond acceptors (Lipinski definition) is 4. The van der Waals surface area contributed by atoms with E-state index in [1.165, 1.54) is 0 Å². The summed E-state index contributed by atoms with van der Waals surface area (Å²) in [7, 11) is 1.99. The zero-order chi connectivity index (χ0) is 11.5. The van der Waals surface area contributed by atoms with Gasteiger partial charge < -0.3 is 9.64 Å². The highest BCUT2D eigenvalue weighted by molar-refractivity contribution is 6.34. The third-order valence-corrected chi connectivity index (χ3v) is 3.55. The normalized spacial score (nSPS) is 27.2. The Labute approximate surface area is 95.9 Å². The molecule has 1 heterocycles. The first kappa shape index (κ1) is 11.6. The monoisotopic (exact) mass is 225 g/mol. The number of rotatable bonds is 3. The number of ether oxygens (including phenoxy) is 1. The average molecular weight is 225 g/mol. The van der Waals surface area contributed by atoms with Crippen LogP contribution in [0, 0.1) is 5.92 Å². The molecule has 90 valence electrons. The largest absolute Gasteiger partial charge is 0.455 e. The van der Waals surface area contributed by atoms with E-state index in [0.717, 1.165) is 45.2 Å². The van der Waals surface area contributed by atoms with Crippen molar-refractivity contribution in [2.24, 2.45) is 5.92 Å². The van der Waals surface area contributed by atoms with E-state index in [2.05, 4.69) is 4.90 Å². The van der Waals surface area contributed by atoms with Crippen LogP contribution >= 0.6 is 0 Å². The van der Waals surface area contributed by atoms with Crippen LogP contribution in [-0.4, -0.2) is 42.9 Å². The van der Waals surface area contributed by atoms with Gasteiger partial charge in [0.1, 0.15) is 6.10 Å². The number of carbonyl (C=O) groups excluding carboxylic acids is 2. The molecule has 0 aromatic rings. The Balaban J connectivity index is 1.80. The fourth-order valence-electron chi connectivity index (χ4n) is 2.55. The van der Waals surface area contributed by atoms with Gasteiger partial charge >= 0.3 is 5.97 Å². The molecular formula is C12H19NO3. The van der Waals surface area contributed by atoms with Gasteiger partial charge in [0, 0.05) is 19.0 Å². The fourth-order valence-corrected chi connectivity index (χ4v) is 2.55. The smallest absolute Gasteiger partial charge is 0.375 e. The summed E-state index contributed by atoms with van der Waals surface area (Å²) in [6, 6.07) is 0. The van der Waals surface area contributed by atoms with E-state index >= 15 is 0 Å². The maximum absolute atomic E-state index is 11.7. The van der Waals surface area contributed by atoms with Crippen molar-refractivity contribution < 1.29 is 14.3 Å². The van der Waals surface area contributed by atoms with Crippen LogP contribution in [-0.2, 0) is 14.3 Å². The first-order valence-corrected chi connectivity index (χ1v) is 6.10. The van der Waals surface area contributed by atoms with Gasteiger partial charge in [-0.15, -0.1) is 0 Å². The molecule has 1 saturated heterocycles. The molecule has 0 amide bonds. The fraction of sp³-hybridized carbons (Fsp3) is 0.833. The van der Waals surface area contributed by atoms with Gasteiger partial charge in [-0.25, -0.2) is 4.79 Å². The molecule has 1 saturated carbocycles. The van der Waals surface area contributed by atoms with Crippen molar-refractivity contribution in [2.75, 3.05) is 20.1 Å². The first-order chi connectivity index (χ1) is 7.66. The van der Waals surface area contributed by atoms with Crippen molar-refractivity contribution in [3.63, 3.8) is 0 Å². The van der Waals surface area contributed by atoms with E-state index in [1.54, 1.807) is 0 Å². The minimum absolute atomic E-state index is 0.0633. The molecule has 2 fully saturated rings. The van der Waals surface area contributed by atoms with Gasteiger partial charge in [0.05, 0.1) is 0 Å². The lowest BCUT2D eigenvalue weighted by atomic mass is 10.0. The molecule has 1 aliphatic carbocycles. The standard InChI is InChI=1S/C12H19NO3/c1-13-7-6-10(8-13)16-12(15)11(14)9-4-2-3-5-9/h9-10H,2-8H2,1H3. The molecule has 0 bridgehead atoms. The number of esters is 1. The van der Waals surface area contributed by atoms with Crippen LogP contribution in [0.1, 0.15) is 32.1 Å². The summed E-state index contributed by atoms with van der Waals surface area (Å²) in [5.41, 5.74) is 0. The predicted octanol–water partition coefficient (Wildman–Crippen LogP) is 0.993. The third kappa shape index (κ3) is 2.61. The van der Waals surface area contributed by atoms with Crippen molar-refractivity contribution in [3.05, 3.63) is 0 Å². The summed E-state index contributed by atoms with van der Waals surface area (Å²) >= 11 is 0. The number of likely N-dealkylation sites (tertiary alicyclic amines) is 1. The summed E-state index contributed by atoms with van der Waals surface area (Å²) in [5.74, 6) is -0.967. The summed E-state index contributed by atoms with van der Waals surface area (Å²) in [4.78, 5) is 25.4. The van der Waals surface area contributed by atoms with Gasteiger partial charge in [0.25, 0.3) is 0 Å². The van der Waals surface area contributed by atoms with Crippen molar-refractivity contribution >= 4 is 11.8 Å². The molecule has 1 unspecified atom stereocenters. The molecule has 0 spiro atoms. The number of ketones is 1. The Morgan fingerprint density at radius 1 is 1.19 bits per heavy atom. The second kappa shape index (κ2) is 4.95. The topological polar surface area (TPSA) is 46.6 Å². The van der Waals surface area contributed by atoms with Gasteiger partial charge in [-0.2, -0.15) is 0 Å². The van der Waals surface area contributed by atoms with E-state index in [1.807, 2.05) is 7.05 Å². The number of nitrogens with zero attached hydrogens (tertiary/aromatic N) is 1. The van der Waals surface area contributed by atoms with Crippen LogP contribution in [0.2, 0.25) is 0 Å². The van der Waals surface area contributed by atoms with Crippen LogP contribution in [0.4, 0.5) is 0 Å². The van der Waals surface area contributed by atoms with E-state index in [9.17, 15) is 9.59 Å². The molecule has 1 aliphatic heterocycles. The molecule has 16 heavy (non-hydrogen) atoms. The Kier molecular flexibility index (Phi) is 3.59. The third-order valence-electron chi connectivity index (χ3n) is 3.55. The zero-order valence-corrected chi connectivity index (χ0v) is 9.78. The van der Waals surface area contributed by atoms with Crippen LogP contribution in [0.25, 0.3) is 0 Å². The Bertz CT molecular complexity index is 284. The molecule has 0 aromatic carbocycles. The summed E-state index contributed by atoms with van der Waals surface area (Å²) in [6.45, 7) is 1.69. The number of carbonyl (C=O) groups is 2. The van der Waals surface area contributed by atoms with Crippen LogP contribution in [0.3, 0.4) is 0 Å². The number of likely N-dealkylation sites (N-methyl/N-ethyl adjacent to an activating group) is 1. The highest BCUT2D eigenvalue weighted by Gasteiger charge is 2.32. The molecule has 0 aromatic heterocycles. The molecule has 0 N–H and O–H groups in total. The Morgan fingerprint density at radius 3 is 2.44 bits per heavy atom. The molecule has 1 atom stereocenters. The average Bonchev–Trinajstić information content (AvgIpc) is 2.88. The van der Waals surface area contributed by atoms with Crippen LogP contribution in [0.5, 0.6) is 0 Å². The number of Topliss-reactive ketones (excluding diaryl/α,β-unsaturated/α-hetero) is 1. The maximum atomic E-state index is 11.7. The van der Waals surface area contributed by atoms with Gasteiger partial charge in [0.2, 0.25) is 5.78 Å². The van der Waals surface area contributed by atoms with E-state index in [-0.39, 0.29) is 17.8 Å². The Morgan fingerprint density at radius 2 is 1.88 bits per heavy atom. The van der Waals surface area contributed by atoms with E-state index in [4.69, 9.17) is 4.74 Å². The molecule has 2 aliphatic rings. The van der Waals surface area contributed by atoms with Gasteiger partial charge in [-0.3, -0.25) is 4.79 Å². The molecule has 4 nitrogen and oxygen atoms in total. The van der Waals surface area contributed by atoms with E-state index < -0.39 is 5.97 Å². The number of hydrogen-bond donors (Lipinski definition) is 0. The van der Waals surface area contributed by atoms with Crippen LogP contribution in [0.15, 0.2) is 0 Å². The van der Waals surface area contributed by atoms with Gasteiger partial charge in [0.15, 0.2) is 0 Å². The van der Waals surface area contributed by atoms with Crippen molar-refractivity contribution in [3.8, 4) is 0 Å². The van der Waals surface area contributed by atoms with Gasteiger partial charge in [-0.1, -0.05) is 12.8 Å². The minimum atomic E-state index is -0.604. The highest BCUT2D eigenvalue weighted by Crippen LogP contribution is 2.26. The molecule has 4 heteroatoms. The SMILES string of the molecule is CN1CCC(OC(=O)C(=O)C2CCCC2)C1. The summed E-state index contributed by atoms with van der Waals surface area (Å²) in [5, 5.41) is 0. The summed E-state index contributed by atoms with van der Waals surface area (Å²) in [6.07, 6.45) is 4.62. The second-order valence-corrected chi connectivity index (χ2v) is 4.92. The van der Waals surface area contributed by atoms with Crippen molar-refractivity contribution in [2.45, 2.75) is 38.2 Å². The lowest BCUT2D eigenvalue weighted by Gasteiger charge is -2.13. The van der Waals surface area contributed by atoms with Crippen molar-refractivity contribution in [1.82, 2.24) is 4.90 Å². The van der Waals surface area contributed by atoms with Crippen LogP contribution < -0.4 is 0 Å². The molecular weight excluding hydrogens is 206 g/mol. The maximum Gasteiger partial charge on any atom is 0.375 e. The molecule has 0 radical (unpaired) electrons. The van der Waals surface area contributed by atoms with Gasteiger partial charge in [-0.05, 0) is 26.3 Å². The van der Waals surface area contributed by atoms with E-state index in [0.29, 0.717) is 0 Å². The van der Waals surface area contributed by atoms with Crippen molar-refractivity contribution in [1.29, 1.82) is 0 Å². The minimum Gasteiger partial charge on any atom is -0.455 e. The summed E-state index contributed by atoms with van der Waals surface area (Å²) < 4.78 is 5.23. The first-order valence-electron chi connectivity index (χ1n) is 6.10. The predicted molar refractivity (Wildman–Crippen MR) is 59.0 cm³/mol. The Hall–Kier alpha value is -0.900. The molecule has 2 rings (SSSR count). The zero-order valence-electron chi connectivity index (χ0n) is 9.78. The lowest BCUT2D eigenvalue weighted by Crippen LogP contribution is -2.29. The highest BCUT2D eigenvalue weighted by atomic mass is 16.5.